The summed E-state index contributed by atoms with van der Waals surface area (Å²) in [4.78, 5) is 20.3. The van der Waals surface area contributed by atoms with E-state index in [0.717, 1.165) is 0 Å². The minimum Gasteiger partial charge on any atom is -0.487 e. The molecule has 2 rings (SSSR count). The molecule has 6 nitrogen and oxygen atoms in total. The van der Waals surface area contributed by atoms with Crippen molar-refractivity contribution >= 4 is 28.5 Å². The molecule has 0 unspecified atom stereocenters. The van der Waals surface area contributed by atoms with Crippen LogP contribution in [0.2, 0.25) is 5.15 Å². The van der Waals surface area contributed by atoms with Gasteiger partial charge in [-0.05, 0) is 26.8 Å². The Bertz CT molecular complexity index is 713. The summed E-state index contributed by atoms with van der Waals surface area (Å²) in [6.45, 7) is 6.06. The molecule has 7 heteroatoms. The van der Waals surface area contributed by atoms with E-state index in [9.17, 15) is 4.79 Å². The number of rotatable bonds is 5. The van der Waals surface area contributed by atoms with Crippen LogP contribution in [-0.4, -0.2) is 36.3 Å². The molecule has 0 saturated carbocycles. The van der Waals surface area contributed by atoms with Crippen molar-refractivity contribution in [1.29, 1.82) is 0 Å². The smallest absolute Gasteiger partial charge is 0.316 e. The first-order valence-corrected chi connectivity index (χ1v) is 7.49. The molecule has 0 aliphatic carbocycles. The number of hydrogen-bond donors (Lipinski definition) is 0. The number of ether oxygens (including phenoxy) is 3. The summed E-state index contributed by atoms with van der Waals surface area (Å²) in [6.07, 6.45) is 1.37. The van der Waals surface area contributed by atoms with Gasteiger partial charge in [0.15, 0.2) is 11.5 Å². The molecular weight excluding hydrogens is 320 g/mol. The van der Waals surface area contributed by atoms with Crippen molar-refractivity contribution in [3.05, 3.63) is 23.6 Å². The lowest BCUT2D eigenvalue weighted by atomic mass is 9.97. The van der Waals surface area contributed by atoms with E-state index >= 15 is 0 Å². The predicted octanol–water partition coefficient (Wildman–Crippen LogP) is 3.26. The third kappa shape index (κ3) is 4.30. The molecule has 0 atom stereocenters. The number of carbonyl (C=O) groups excluding carboxylic acids is 1. The maximum atomic E-state index is 12.2. The van der Waals surface area contributed by atoms with Gasteiger partial charge in [0.25, 0.3) is 0 Å². The molecule has 0 spiro atoms. The molecule has 0 saturated heterocycles. The third-order valence-corrected chi connectivity index (χ3v) is 3.31. The predicted molar refractivity (Wildman–Crippen MR) is 87.0 cm³/mol. The standard InChI is InChI=1S/C16H19ClN2O4/c1-16(2,3)15(20)23-13-7-10-11(18-9-19-14(10)17)8-12(13)22-6-5-21-4/h7-9H,5-6H2,1-4H3. The molecule has 0 N–H and O–H groups in total. The normalized spacial score (nSPS) is 11.5. The minimum atomic E-state index is -0.643. The lowest BCUT2D eigenvalue weighted by molar-refractivity contribution is -0.143. The van der Waals surface area contributed by atoms with Crippen molar-refractivity contribution in [1.82, 2.24) is 9.97 Å². The van der Waals surface area contributed by atoms with Gasteiger partial charge in [0, 0.05) is 18.6 Å². The third-order valence-electron chi connectivity index (χ3n) is 3.01. The molecule has 0 aliphatic heterocycles. The van der Waals surface area contributed by atoms with Gasteiger partial charge in [0.05, 0.1) is 17.5 Å². The number of carbonyl (C=O) groups is 1. The van der Waals surface area contributed by atoms with E-state index in [1.54, 1.807) is 40.0 Å². The van der Waals surface area contributed by atoms with Crippen molar-refractivity contribution in [2.45, 2.75) is 20.8 Å². The van der Waals surface area contributed by atoms with E-state index in [4.69, 9.17) is 25.8 Å². The van der Waals surface area contributed by atoms with Gasteiger partial charge in [-0.15, -0.1) is 0 Å². The van der Waals surface area contributed by atoms with Crippen LogP contribution in [0.4, 0.5) is 0 Å². The van der Waals surface area contributed by atoms with Gasteiger partial charge in [0.2, 0.25) is 0 Å². The fraction of sp³-hybridized carbons (Fsp3) is 0.438. The van der Waals surface area contributed by atoms with Crippen LogP contribution in [0.25, 0.3) is 10.9 Å². The highest BCUT2D eigenvalue weighted by Crippen LogP contribution is 2.35. The van der Waals surface area contributed by atoms with Crippen LogP contribution >= 0.6 is 11.6 Å². The summed E-state index contributed by atoms with van der Waals surface area (Å²) in [5.74, 6) is 0.313. The molecule has 2 aromatic rings. The van der Waals surface area contributed by atoms with Gasteiger partial charge in [-0.1, -0.05) is 11.6 Å². The van der Waals surface area contributed by atoms with Crippen LogP contribution < -0.4 is 9.47 Å². The maximum absolute atomic E-state index is 12.2. The highest BCUT2D eigenvalue weighted by molar-refractivity contribution is 6.34. The SMILES string of the molecule is COCCOc1cc2ncnc(Cl)c2cc1OC(=O)C(C)(C)C. The summed E-state index contributed by atoms with van der Waals surface area (Å²) >= 11 is 6.08. The highest BCUT2D eigenvalue weighted by Gasteiger charge is 2.25. The Morgan fingerprint density at radius 2 is 1.91 bits per heavy atom. The summed E-state index contributed by atoms with van der Waals surface area (Å²) in [6, 6.07) is 3.28. The molecule has 1 aromatic carbocycles. The summed E-state index contributed by atoms with van der Waals surface area (Å²) < 4.78 is 16.1. The Labute approximate surface area is 139 Å². The Hall–Kier alpha value is -1.92. The second-order valence-corrected chi connectivity index (χ2v) is 6.32. The number of benzene rings is 1. The first kappa shape index (κ1) is 17.4. The van der Waals surface area contributed by atoms with Crippen LogP contribution in [0.5, 0.6) is 11.5 Å². The summed E-state index contributed by atoms with van der Waals surface area (Å²) in [5.41, 5.74) is -0.0385. The van der Waals surface area contributed by atoms with Gasteiger partial charge in [0.1, 0.15) is 18.1 Å². The van der Waals surface area contributed by atoms with Crippen molar-refractivity contribution in [2.75, 3.05) is 20.3 Å². The molecule has 0 radical (unpaired) electrons. The number of aromatic nitrogens is 2. The first-order valence-electron chi connectivity index (χ1n) is 7.11. The number of fused-ring (bicyclic) bond motifs is 1. The van der Waals surface area contributed by atoms with Crippen LogP contribution in [0.3, 0.4) is 0 Å². The van der Waals surface area contributed by atoms with Crippen molar-refractivity contribution < 1.29 is 19.0 Å². The number of esters is 1. The van der Waals surface area contributed by atoms with Gasteiger partial charge >= 0.3 is 5.97 Å². The van der Waals surface area contributed by atoms with Gasteiger partial charge in [-0.25, -0.2) is 9.97 Å². The Kier molecular flexibility index (Phi) is 5.38. The topological polar surface area (TPSA) is 70.5 Å². The van der Waals surface area contributed by atoms with Gasteiger partial charge < -0.3 is 14.2 Å². The average molecular weight is 339 g/mol. The van der Waals surface area contributed by atoms with Crippen molar-refractivity contribution in [3.63, 3.8) is 0 Å². The minimum absolute atomic E-state index is 0.283. The highest BCUT2D eigenvalue weighted by atomic mass is 35.5. The number of nitrogens with zero attached hydrogens (tertiary/aromatic N) is 2. The van der Waals surface area contributed by atoms with E-state index in [0.29, 0.717) is 29.9 Å². The van der Waals surface area contributed by atoms with Crippen LogP contribution in [-0.2, 0) is 9.53 Å². The summed E-state index contributed by atoms with van der Waals surface area (Å²) in [5, 5.41) is 0.872. The van der Waals surface area contributed by atoms with Crippen LogP contribution in [0.15, 0.2) is 18.5 Å². The molecule has 124 valence electrons. The molecular formula is C16H19ClN2O4. The van der Waals surface area contributed by atoms with E-state index in [-0.39, 0.29) is 16.9 Å². The Morgan fingerprint density at radius 3 is 2.57 bits per heavy atom. The number of hydrogen-bond acceptors (Lipinski definition) is 6. The molecule has 0 bridgehead atoms. The quantitative estimate of drug-likeness (QED) is 0.361. The molecule has 0 fully saturated rings. The van der Waals surface area contributed by atoms with E-state index in [1.807, 2.05) is 0 Å². The lowest BCUT2D eigenvalue weighted by Crippen LogP contribution is -2.25. The van der Waals surface area contributed by atoms with E-state index < -0.39 is 5.41 Å². The monoisotopic (exact) mass is 338 g/mol. The van der Waals surface area contributed by atoms with Gasteiger partial charge in [-0.2, -0.15) is 0 Å². The lowest BCUT2D eigenvalue weighted by Gasteiger charge is -2.18. The largest absolute Gasteiger partial charge is 0.487 e. The number of methoxy groups -OCH3 is 1. The van der Waals surface area contributed by atoms with Crippen LogP contribution in [0.1, 0.15) is 20.8 Å². The zero-order chi connectivity index (χ0) is 17.0. The molecule has 0 amide bonds. The second kappa shape index (κ2) is 7.10. The molecule has 0 aliphatic rings. The zero-order valence-electron chi connectivity index (χ0n) is 13.6. The fourth-order valence-corrected chi connectivity index (χ4v) is 1.91. The molecule has 23 heavy (non-hydrogen) atoms. The number of halogens is 1. The van der Waals surface area contributed by atoms with Crippen molar-refractivity contribution in [3.8, 4) is 11.5 Å². The maximum Gasteiger partial charge on any atom is 0.316 e. The zero-order valence-corrected chi connectivity index (χ0v) is 14.3. The Morgan fingerprint density at radius 1 is 1.17 bits per heavy atom. The first-order chi connectivity index (χ1) is 10.8. The fourth-order valence-electron chi connectivity index (χ4n) is 1.71. The summed E-state index contributed by atoms with van der Waals surface area (Å²) in [7, 11) is 1.58. The average Bonchev–Trinajstić information content (AvgIpc) is 2.47. The Balaban J connectivity index is 2.43. The second-order valence-electron chi connectivity index (χ2n) is 5.96. The van der Waals surface area contributed by atoms with Gasteiger partial charge in [-0.3, -0.25) is 4.79 Å². The van der Waals surface area contributed by atoms with Crippen LogP contribution in [0, 0.1) is 5.41 Å². The molecule has 1 aromatic heterocycles. The van der Waals surface area contributed by atoms with E-state index in [1.165, 1.54) is 6.33 Å². The van der Waals surface area contributed by atoms with Crippen molar-refractivity contribution in [2.24, 2.45) is 5.41 Å². The van der Waals surface area contributed by atoms with E-state index in [2.05, 4.69) is 9.97 Å². The molecule has 1 heterocycles.